The summed E-state index contributed by atoms with van der Waals surface area (Å²) in [4.78, 5) is 28.5. The second-order valence-electron chi connectivity index (χ2n) is 7.75. The van der Waals surface area contributed by atoms with Gasteiger partial charge in [0.2, 0.25) is 0 Å². The number of fused-ring (bicyclic) bond motifs is 1. The van der Waals surface area contributed by atoms with Crippen LogP contribution >= 0.6 is 11.6 Å². The fourth-order valence-corrected chi connectivity index (χ4v) is 3.58. The van der Waals surface area contributed by atoms with E-state index in [0.29, 0.717) is 11.3 Å². The molecule has 0 bridgehead atoms. The summed E-state index contributed by atoms with van der Waals surface area (Å²) >= 11 is 6.41. The molecule has 0 unspecified atom stereocenters. The zero-order valence-corrected chi connectivity index (χ0v) is 17.1. The molecule has 1 fully saturated rings. The van der Waals surface area contributed by atoms with Crippen molar-refractivity contribution >= 4 is 23.3 Å². The van der Waals surface area contributed by atoms with E-state index in [4.69, 9.17) is 11.6 Å². The number of anilines is 1. The van der Waals surface area contributed by atoms with E-state index in [9.17, 15) is 18.4 Å². The number of benzene rings is 1. The standard InChI is InChI=1S/C21H19ClF2N4O2/c1-12-7-18(29)28(11-25-12)10-14-8-17-15(9-16(14)22)21(20(2,23)24,27-19(30)26-17)6-5-13-3-4-13/h7-9,11,13H,3-4,10H2,1-2H3,(H2,26,27,30)/t21-/m0/s1. The minimum Gasteiger partial charge on any atom is -0.312 e. The smallest absolute Gasteiger partial charge is 0.312 e. The molecule has 1 saturated carbocycles. The van der Waals surface area contributed by atoms with Crippen LogP contribution < -0.4 is 16.2 Å². The molecule has 2 heterocycles. The SMILES string of the molecule is Cc1cc(=O)n(Cc2cc3c(cc2Cl)[C@@](C#CC2CC2)(C(C)(F)F)NC(=O)N3)cn1. The molecule has 2 amide bonds. The Bertz CT molecular complexity index is 1160. The van der Waals surface area contributed by atoms with Gasteiger partial charge in [-0.1, -0.05) is 23.4 Å². The van der Waals surface area contributed by atoms with Crippen molar-refractivity contribution in [1.82, 2.24) is 14.9 Å². The normalized spacial score (nSPS) is 20.5. The Hall–Kier alpha value is -2.92. The van der Waals surface area contributed by atoms with Crippen LogP contribution in [-0.2, 0) is 12.1 Å². The molecule has 30 heavy (non-hydrogen) atoms. The molecule has 2 N–H and O–H groups in total. The summed E-state index contributed by atoms with van der Waals surface area (Å²) in [5.41, 5.74) is -1.14. The third-order valence-corrected chi connectivity index (χ3v) is 5.55. The first-order chi connectivity index (χ1) is 14.1. The third kappa shape index (κ3) is 3.65. The average molecular weight is 433 g/mol. The summed E-state index contributed by atoms with van der Waals surface area (Å²) in [6.45, 7) is 2.50. The van der Waals surface area contributed by atoms with Gasteiger partial charge in [0.25, 0.3) is 11.5 Å². The van der Waals surface area contributed by atoms with Gasteiger partial charge in [-0.25, -0.2) is 18.6 Å². The Morgan fingerprint density at radius 2 is 2.07 bits per heavy atom. The van der Waals surface area contributed by atoms with Gasteiger partial charge in [0, 0.05) is 40.9 Å². The number of amides is 2. The molecular weight excluding hydrogens is 414 g/mol. The molecule has 2 aromatic rings. The molecule has 0 spiro atoms. The number of halogens is 3. The maximum atomic E-state index is 14.8. The average Bonchev–Trinajstić information content (AvgIpc) is 3.46. The van der Waals surface area contributed by atoms with E-state index >= 15 is 0 Å². The van der Waals surface area contributed by atoms with E-state index in [-0.39, 0.29) is 34.3 Å². The Balaban J connectivity index is 1.82. The number of nitrogens with zero attached hydrogens (tertiary/aromatic N) is 2. The molecule has 4 rings (SSSR count). The molecule has 2 aliphatic rings. The van der Waals surface area contributed by atoms with Crippen LogP contribution in [0, 0.1) is 24.7 Å². The predicted octanol–water partition coefficient (Wildman–Crippen LogP) is 3.65. The lowest BCUT2D eigenvalue weighted by Gasteiger charge is -2.40. The first-order valence-corrected chi connectivity index (χ1v) is 9.82. The number of hydrogen-bond donors (Lipinski definition) is 2. The molecule has 1 aromatic heterocycles. The van der Waals surface area contributed by atoms with Gasteiger partial charge in [-0.15, -0.1) is 0 Å². The van der Waals surface area contributed by atoms with E-state index in [0.717, 1.165) is 19.8 Å². The van der Waals surface area contributed by atoms with Crippen LogP contribution in [0.15, 0.2) is 29.3 Å². The minimum absolute atomic E-state index is 0.0649. The summed E-state index contributed by atoms with van der Waals surface area (Å²) < 4.78 is 31.0. The van der Waals surface area contributed by atoms with Crippen LogP contribution in [0.5, 0.6) is 0 Å². The van der Waals surface area contributed by atoms with Crippen molar-refractivity contribution in [3.05, 3.63) is 56.7 Å². The molecule has 6 nitrogen and oxygen atoms in total. The molecule has 156 valence electrons. The van der Waals surface area contributed by atoms with Gasteiger partial charge in [-0.2, -0.15) is 0 Å². The van der Waals surface area contributed by atoms with Crippen molar-refractivity contribution in [3.8, 4) is 11.8 Å². The first-order valence-electron chi connectivity index (χ1n) is 9.45. The van der Waals surface area contributed by atoms with Crippen LogP contribution in [0.25, 0.3) is 0 Å². The van der Waals surface area contributed by atoms with Crippen molar-refractivity contribution in [2.75, 3.05) is 5.32 Å². The van der Waals surface area contributed by atoms with E-state index in [2.05, 4.69) is 27.5 Å². The topological polar surface area (TPSA) is 76.0 Å². The number of carbonyl (C=O) groups is 1. The lowest BCUT2D eigenvalue weighted by atomic mass is 9.81. The van der Waals surface area contributed by atoms with E-state index in [1.54, 1.807) is 6.92 Å². The second kappa shape index (κ2) is 7.10. The number of carbonyl (C=O) groups excluding carboxylic acids is 1. The molecule has 1 aromatic carbocycles. The highest BCUT2D eigenvalue weighted by Crippen LogP contribution is 2.45. The van der Waals surface area contributed by atoms with Crippen molar-refractivity contribution in [1.29, 1.82) is 0 Å². The van der Waals surface area contributed by atoms with Gasteiger partial charge in [-0.05, 0) is 37.5 Å². The number of aryl methyl sites for hydroxylation is 1. The molecule has 1 atom stereocenters. The maximum absolute atomic E-state index is 14.8. The van der Waals surface area contributed by atoms with Gasteiger partial charge >= 0.3 is 6.03 Å². The van der Waals surface area contributed by atoms with E-state index in [1.165, 1.54) is 29.1 Å². The lowest BCUT2D eigenvalue weighted by Crippen LogP contribution is -2.59. The molecule has 0 radical (unpaired) electrons. The maximum Gasteiger partial charge on any atom is 0.320 e. The fraction of sp³-hybridized carbons (Fsp3) is 0.381. The monoisotopic (exact) mass is 432 g/mol. The Morgan fingerprint density at radius 3 is 2.70 bits per heavy atom. The summed E-state index contributed by atoms with van der Waals surface area (Å²) in [5.74, 6) is 2.19. The predicted molar refractivity (Wildman–Crippen MR) is 109 cm³/mol. The number of aromatic nitrogens is 2. The van der Waals surface area contributed by atoms with Crippen molar-refractivity contribution in [3.63, 3.8) is 0 Å². The van der Waals surface area contributed by atoms with Crippen molar-refractivity contribution in [2.24, 2.45) is 5.92 Å². The zero-order chi connectivity index (χ0) is 21.7. The largest absolute Gasteiger partial charge is 0.320 e. The van der Waals surface area contributed by atoms with Crippen LogP contribution in [0.4, 0.5) is 19.3 Å². The van der Waals surface area contributed by atoms with Gasteiger partial charge in [0.15, 0.2) is 5.54 Å². The van der Waals surface area contributed by atoms with E-state index < -0.39 is 17.5 Å². The number of nitrogens with one attached hydrogen (secondary N) is 2. The van der Waals surface area contributed by atoms with Gasteiger partial charge in [0.1, 0.15) is 0 Å². The summed E-state index contributed by atoms with van der Waals surface area (Å²) in [6.07, 6.45) is 3.10. The summed E-state index contributed by atoms with van der Waals surface area (Å²) in [7, 11) is 0. The minimum atomic E-state index is -3.37. The van der Waals surface area contributed by atoms with Crippen LogP contribution in [0.2, 0.25) is 5.02 Å². The van der Waals surface area contributed by atoms with Crippen LogP contribution in [-0.4, -0.2) is 21.5 Å². The third-order valence-electron chi connectivity index (χ3n) is 5.20. The molecular formula is C21H19ClF2N4O2. The van der Waals surface area contributed by atoms with E-state index in [1.807, 2.05) is 0 Å². The van der Waals surface area contributed by atoms with Gasteiger partial charge < -0.3 is 10.6 Å². The highest BCUT2D eigenvalue weighted by Gasteiger charge is 2.55. The number of rotatable bonds is 3. The second-order valence-corrected chi connectivity index (χ2v) is 8.15. The van der Waals surface area contributed by atoms with Crippen LogP contribution in [0.3, 0.4) is 0 Å². The van der Waals surface area contributed by atoms with Crippen LogP contribution in [0.1, 0.15) is 36.6 Å². The molecule has 9 heteroatoms. The summed E-state index contributed by atoms with van der Waals surface area (Å²) in [6, 6.07) is 3.48. The number of hydrogen-bond acceptors (Lipinski definition) is 3. The lowest BCUT2D eigenvalue weighted by molar-refractivity contribution is -0.0464. The highest BCUT2D eigenvalue weighted by molar-refractivity contribution is 6.31. The summed E-state index contributed by atoms with van der Waals surface area (Å²) in [5, 5.41) is 5.06. The quantitative estimate of drug-likeness (QED) is 0.727. The molecule has 1 aliphatic heterocycles. The Labute approximate surface area is 176 Å². The Morgan fingerprint density at radius 1 is 1.33 bits per heavy atom. The van der Waals surface area contributed by atoms with Crippen molar-refractivity contribution < 1.29 is 13.6 Å². The molecule has 0 saturated heterocycles. The number of urea groups is 1. The Kier molecular flexibility index (Phi) is 4.82. The zero-order valence-electron chi connectivity index (χ0n) is 16.4. The fourth-order valence-electron chi connectivity index (χ4n) is 3.36. The van der Waals surface area contributed by atoms with Gasteiger partial charge in [0.05, 0.1) is 12.9 Å². The highest BCUT2D eigenvalue weighted by atomic mass is 35.5. The number of alkyl halides is 2. The van der Waals surface area contributed by atoms with Crippen molar-refractivity contribution in [2.45, 2.75) is 44.7 Å². The molecule has 1 aliphatic carbocycles. The van der Waals surface area contributed by atoms with Gasteiger partial charge in [-0.3, -0.25) is 9.36 Å². The first kappa shape index (κ1) is 20.4.